The summed E-state index contributed by atoms with van der Waals surface area (Å²) >= 11 is 0. The Balaban J connectivity index is 2.07. The molecule has 1 aromatic carbocycles. The number of carbonyl (C=O) groups is 1. The van der Waals surface area contributed by atoms with E-state index in [4.69, 9.17) is 5.11 Å². The molecule has 0 unspecified atom stereocenters. The van der Waals surface area contributed by atoms with Crippen LogP contribution in [0, 0.1) is 0 Å². The SMILES string of the molecule is CN(CCO)C(=O)c1nn(-c2ccccc2)c2c1CCCCC2. The Bertz CT molecular complexity index is 679. The summed E-state index contributed by atoms with van der Waals surface area (Å²) in [5.41, 5.74) is 3.78. The summed E-state index contributed by atoms with van der Waals surface area (Å²) in [6, 6.07) is 9.99. The van der Waals surface area contributed by atoms with E-state index in [0.29, 0.717) is 12.2 Å². The van der Waals surface area contributed by atoms with E-state index in [-0.39, 0.29) is 12.5 Å². The summed E-state index contributed by atoms with van der Waals surface area (Å²) in [5.74, 6) is -0.105. The molecule has 2 aromatic rings. The summed E-state index contributed by atoms with van der Waals surface area (Å²) in [5, 5.41) is 13.7. The molecule has 0 saturated carbocycles. The lowest BCUT2D eigenvalue weighted by molar-refractivity contribution is 0.0759. The molecule has 1 N–H and O–H groups in total. The molecule has 5 nitrogen and oxygen atoms in total. The zero-order valence-corrected chi connectivity index (χ0v) is 13.5. The third kappa shape index (κ3) is 3.15. The largest absolute Gasteiger partial charge is 0.395 e. The van der Waals surface area contributed by atoms with Gasteiger partial charge in [-0.05, 0) is 37.8 Å². The van der Waals surface area contributed by atoms with Gasteiger partial charge in [0.1, 0.15) is 0 Å². The molecular weight excluding hydrogens is 290 g/mol. The van der Waals surface area contributed by atoms with Gasteiger partial charge in [0.05, 0.1) is 12.3 Å². The fourth-order valence-corrected chi connectivity index (χ4v) is 3.16. The molecule has 0 aliphatic heterocycles. The van der Waals surface area contributed by atoms with Crippen molar-refractivity contribution in [1.82, 2.24) is 14.7 Å². The first-order chi connectivity index (χ1) is 11.2. The number of benzene rings is 1. The highest BCUT2D eigenvalue weighted by atomic mass is 16.3. The predicted octanol–water partition coefficient (Wildman–Crippen LogP) is 2.21. The zero-order chi connectivity index (χ0) is 16.2. The number of rotatable bonds is 4. The molecule has 0 bridgehead atoms. The molecule has 122 valence electrons. The monoisotopic (exact) mass is 313 g/mol. The Labute approximate surface area is 136 Å². The molecule has 1 amide bonds. The number of aliphatic hydroxyl groups is 1. The molecule has 0 atom stereocenters. The van der Waals surface area contributed by atoms with E-state index in [2.05, 4.69) is 5.10 Å². The molecule has 0 saturated heterocycles. The first-order valence-electron chi connectivity index (χ1n) is 8.25. The number of para-hydroxylation sites is 1. The van der Waals surface area contributed by atoms with Crippen molar-refractivity contribution in [2.24, 2.45) is 0 Å². The lowest BCUT2D eigenvalue weighted by Gasteiger charge is -2.14. The van der Waals surface area contributed by atoms with E-state index in [1.165, 1.54) is 6.42 Å². The molecule has 1 aromatic heterocycles. The summed E-state index contributed by atoms with van der Waals surface area (Å²) < 4.78 is 1.93. The fourth-order valence-electron chi connectivity index (χ4n) is 3.16. The van der Waals surface area contributed by atoms with Gasteiger partial charge in [0.15, 0.2) is 5.69 Å². The summed E-state index contributed by atoms with van der Waals surface area (Å²) in [6.45, 7) is 0.287. The lowest BCUT2D eigenvalue weighted by atomic mass is 10.1. The van der Waals surface area contributed by atoms with Crippen molar-refractivity contribution < 1.29 is 9.90 Å². The molecule has 0 radical (unpaired) electrons. The summed E-state index contributed by atoms with van der Waals surface area (Å²) in [6.07, 6.45) is 5.26. The molecular formula is C18H23N3O2. The number of hydrogen-bond donors (Lipinski definition) is 1. The minimum Gasteiger partial charge on any atom is -0.395 e. The van der Waals surface area contributed by atoms with Crippen molar-refractivity contribution in [3.8, 4) is 5.69 Å². The van der Waals surface area contributed by atoms with Crippen LogP contribution in [0.1, 0.15) is 41.0 Å². The average Bonchev–Trinajstić information content (AvgIpc) is 2.76. The molecule has 1 aliphatic carbocycles. The van der Waals surface area contributed by atoms with Gasteiger partial charge in [-0.2, -0.15) is 5.10 Å². The second kappa shape index (κ2) is 6.96. The Hall–Kier alpha value is -2.14. The standard InChI is InChI=1S/C18H23N3O2/c1-20(12-13-22)18(23)17-15-10-6-3-7-11-16(15)21(19-17)14-8-4-2-5-9-14/h2,4-5,8-9,22H,3,6-7,10-13H2,1H3. The number of amides is 1. The normalized spacial score (nSPS) is 14.2. The van der Waals surface area contributed by atoms with Crippen molar-refractivity contribution in [3.05, 3.63) is 47.3 Å². The summed E-state index contributed by atoms with van der Waals surface area (Å²) in [7, 11) is 1.71. The van der Waals surface area contributed by atoms with Crippen LogP contribution in [0.25, 0.3) is 5.69 Å². The van der Waals surface area contributed by atoms with Crippen molar-refractivity contribution in [1.29, 1.82) is 0 Å². The third-order valence-electron chi connectivity index (χ3n) is 4.42. The van der Waals surface area contributed by atoms with E-state index < -0.39 is 0 Å². The van der Waals surface area contributed by atoms with Gasteiger partial charge in [0, 0.05) is 24.8 Å². The first-order valence-corrected chi connectivity index (χ1v) is 8.25. The van der Waals surface area contributed by atoms with Crippen LogP contribution in [-0.2, 0) is 12.8 Å². The van der Waals surface area contributed by atoms with E-state index >= 15 is 0 Å². The third-order valence-corrected chi connectivity index (χ3v) is 4.42. The van der Waals surface area contributed by atoms with Crippen LogP contribution in [0.5, 0.6) is 0 Å². The minimum atomic E-state index is -0.105. The van der Waals surface area contributed by atoms with Crippen LogP contribution < -0.4 is 0 Å². The highest BCUT2D eigenvalue weighted by molar-refractivity contribution is 5.94. The average molecular weight is 313 g/mol. The van der Waals surface area contributed by atoms with Gasteiger partial charge in [-0.3, -0.25) is 4.79 Å². The van der Waals surface area contributed by atoms with Gasteiger partial charge in [-0.15, -0.1) is 0 Å². The van der Waals surface area contributed by atoms with Crippen LogP contribution in [0.2, 0.25) is 0 Å². The van der Waals surface area contributed by atoms with Crippen LogP contribution in [-0.4, -0.2) is 45.9 Å². The zero-order valence-electron chi connectivity index (χ0n) is 13.5. The number of nitrogens with zero attached hydrogens (tertiary/aromatic N) is 3. The Morgan fingerprint density at radius 1 is 1.22 bits per heavy atom. The molecule has 1 heterocycles. The van der Waals surface area contributed by atoms with Gasteiger partial charge < -0.3 is 10.0 Å². The number of fused-ring (bicyclic) bond motifs is 1. The minimum absolute atomic E-state index is 0.0379. The van der Waals surface area contributed by atoms with Gasteiger partial charge in [0.25, 0.3) is 5.91 Å². The van der Waals surface area contributed by atoms with Crippen molar-refractivity contribution in [3.63, 3.8) is 0 Å². The highest BCUT2D eigenvalue weighted by Gasteiger charge is 2.26. The molecule has 0 fully saturated rings. The first kappa shape index (κ1) is 15.7. The van der Waals surface area contributed by atoms with Gasteiger partial charge in [-0.25, -0.2) is 4.68 Å². The maximum absolute atomic E-state index is 12.7. The number of aliphatic hydroxyl groups excluding tert-OH is 1. The number of aromatic nitrogens is 2. The van der Waals surface area contributed by atoms with Gasteiger partial charge >= 0.3 is 0 Å². The van der Waals surface area contributed by atoms with Crippen molar-refractivity contribution >= 4 is 5.91 Å². The summed E-state index contributed by atoms with van der Waals surface area (Å²) in [4.78, 5) is 14.2. The smallest absolute Gasteiger partial charge is 0.274 e. The molecule has 5 heteroatoms. The van der Waals surface area contributed by atoms with E-state index in [0.717, 1.165) is 42.6 Å². The van der Waals surface area contributed by atoms with Gasteiger partial charge in [-0.1, -0.05) is 24.6 Å². The number of carbonyl (C=O) groups excluding carboxylic acids is 1. The maximum Gasteiger partial charge on any atom is 0.274 e. The molecule has 0 spiro atoms. The van der Waals surface area contributed by atoms with Crippen LogP contribution in [0.3, 0.4) is 0 Å². The Morgan fingerprint density at radius 3 is 2.70 bits per heavy atom. The quantitative estimate of drug-likeness (QED) is 0.881. The second-order valence-corrected chi connectivity index (χ2v) is 6.03. The topological polar surface area (TPSA) is 58.4 Å². The highest BCUT2D eigenvalue weighted by Crippen LogP contribution is 2.27. The lowest BCUT2D eigenvalue weighted by Crippen LogP contribution is -2.30. The van der Waals surface area contributed by atoms with Crippen molar-refractivity contribution in [2.45, 2.75) is 32.1 Å². The van der Waals surface area contributed by atoms with Crippen molar-refractivity contribution in [2.75, 3.05) is 20.2 Å². The van der Waals surface area contributed by atoms with E-state index in [1.807, 2.05) is 35.0 Å². The number of likely N-dealkylation sites (N-methyl/N-ethyl adjacent to an activating group) is 1. The van der Waals surface area contributed by atoms with Gasteiger partial charge in [0.2, 0.25) is 0 Å². The van der Waals surface area contributed by atoms with E-state index in [1.54, 1.807) is 11.9 Å². The fraction of sp³-hybridized carbons (Fsp3) is 0.444. The predicted molar refractivity (Wildman–Crippen MR) is 88.9 cm³/mol. The van der Waals surface area contributed by atoms with E-state index in [9.17, 15) is 4.79 Å². The molecule has 23 heavy (non-hydrogen) atoms. The Morgan fingerprint density at radius 2 is 1.96 bits per heavy atom. The van der Waals surface area contributed by atoms with Crippen LogP contribution >= 0.6 is 0 Å². The van der Waals surface area contributed by atoms with Crippen LogP contribution in [0.4, 0.5) is 0 Å². The molecule has 3 rings (SSSR count). The second-order valence-electron chi connectivity index (χ2n) is 6.03. The van der Waals surface area contributed by atoms with Crippen LogP contribution in [0.15, 0.2) is 30.3 Å². The Kier molecular flexibility index (Phi) is 4.76. The molecule has 1 aliphatic rings. The number of hydrogen-bond acceptors (Lipinski definition) is 3. The maximum atomic E-state index is 12.7.